The number of hydrogen-bond donors (Lipinski definition) is 3. The number of carbonyl (C=O) groups excluding carboxylic acids is 3. The smallest absolute Gasteiger partial charge is 0.322 e. The molecule has 0 aromatic heterocycles. The van der Waals surface area contributed by atoms with Crippen LogP contribution in [0.5, 0.6) is 0 Å². The lowest BCUT2D eigenvalue weighted by molar-refractivity contribution is -0.126. The third kappa shape index (κ3) is 3.39. The molecule has 0 bridgehead atoms. The van der Waals surface area contributed by atoms with Crippen LogP contribution >= 0.6 is 0 Å². The Morgan fingerprint density at radius 3 is 2.46 bits per heavy atom. The summed E-state index contributed by atoms with van der Waals surface area (Å²) < 4.78 is 13.2. The van der Waals surface area contributed by atoms with E-state index in [4.69, 9.17) is 0 Å². The van der Waals surface area contributed by atoms with E-state index in [1.165, 1.54) is 12.1 Å². The molecule has 0 spiro atoms. The summed E-state index contributed by atoms with van der Waals surface area (Å²) in [5.41, 5.74) is 0.832. The van der Waals surface area contributed by atoms with Crippen LogP contribution in [0.4, 0.5) is 9.18 Å². The van der Waals surface area contributed by atoms with E-state index in [9.17, 15) is 18.8 Å². The Hall–Kier alpha value is -2.44. The number of halogens is 1. The molecule has 4 amide bonds. The monoisotopic (exact) mass is 333 g/mol. The second kappa shape index (κ2) is 6.59. The lowest BCUT2D eigenvalue weighted by Gasteiger charge is -2.30. The summed E-state index contributed by atoms with van der Waals surface area (Å²) in [6, 6.07) is 5.04. The summed E-state index contributed by atoms with van der Waals surface area (Å²) in [4.78, 5) is 34.7. The molecule has 1 aromatic rings. The van der Waals surface area contributed by atoms with Gasteiger partial charge < -0.3 is 10.6 Å². The largest absolute Gasteiger partial charge is 0.355 e. The number of urea groups is 1. The predicted molar refractivity (Wildman–Crippen MR) is 84.6 cm³/mol. The van der Waals surface area contributed by atoms with Crippen LogP contribution in [0.25, 0.3) is 0 Å². The molecule has 1 heterocycles. The molecule has 3 rings (SSSR count). The normalized spacial score (nSPS) is 22.1. The first-order chi connectivity index (χ1) is 11.5. The molecule has 1 atom stereocenters. The highest BCUT2D eigenvalue weighted by Crippen LogP contribution is 2.40. The van der Waals surface area contributed by atoms with Gasteiger partial charge in [-0.25, -0.2) is 9.18 Å². The molecule has 6 nitrogen and oxygen atoms in total. The molecule has 2 fully saturated rings. The molecule has 128 valence electrons. The van der Waals surface area contributed by atoms with E-state index in [2.05, 4.69) is 16.0 Å². The highest BCUT2D eigenvalue weighted by molar-refractivity contribution is 6.05. The zero-order valence-electron chi connectivity index (χ0n) is 13.2. The van der Waals surface area contributed by atoms with Crippen LogP contribution in [0.2, 0.25) is 0 Å². The number of carbonyl (C=O) groups is 3. The predicted octanol–water partition coefficient (Wildman–Crippen LogP) is 1.35. The van der Waals surface area contributed by atoms with E-state index in [0.717, 1.165) is 31.2 Å². The average molecular weight is 333 g/mol. The van der Waals surface area contributed by atoms with Crippen molar-refractivity contribution in [1.29, 1.82) is 0 Å². The summed E-state index contributed by atoms with van der Waals surface area (Å²) in [6.07, 6.45) is 3.90. The molecule has 1 unspecified atom stereocenters. The van der Waals surface area contributed by atoms with E-state index in [1.54, 1.807) is 12.1 Å². The van der Waals surface area contributed by atoms with Crippen LogP contribution in [0.3, 0.4) is 0 Å². The van der Waals surface area contributed by atoms with E-state index in [-0.39, 0.29) is 23.6 Å². The van der Waals surface area contributed by atoms with Crippen LogP contribution in [-0.4, -0.2) is 30.4 Å². The van der Waals surface area contributed by atoms with E-state index in [0.29, 0.717) is 6.54 Å². The quantitative estimate of drug-likeness (QED) is 0.711. The molecular formula is C17H20FN3O3. The molecule has 1 saturated carbocycles. The van der Waals surface area contributed by atoms with Crippen molar-refractivity contribution in [3.05, 3.63) is 35.6 Å². The Morgan fingerprint density at radius 2 is 1.88 bits per heavy atom. The minimum absolute atomic E-state index is 0.0862. The SMILES string of the molecule is O=C(CC1NC(=O)NC1=O)NCC1(c2ccc(F)cc2)CCCC1. The Kier molecular flexibility index (Phi) is 4.51. The van der Waals surface area contributed by atoms with E-state index in [1.807, 2.05) is 0 Å². The first kappa shape index (κ1) is 16.4. The van der Waals surface area contributed by atoms with Crippen molar-refractivity contribution in [2.75, 3.05) is 6.54 Å². The summed E-state index contributed by atoms with van der Waals surface area (Å²) in [5.74, 6) is -1.05. The third-order valence-electron chi connectivity index (χ3n) is 4.89. The topological polar surface area (TPSA) is 87.3 Å². The maximum Gasteiger partial charge on any atom is 0.322 e. The highest BCUT2D eigenvalue weighted by Gasteiger charge is 2.37. The first-order valence-electron chi connectivity index (χ1n) is 8.13. The molecule has 0 radical (unpaired) electrons. The maximum atomic E-state index is 13.2. The van der Waals surface area contributed by atoms with Gasteiger partial charge in [0, 0.05) is 12.0 Å². The summed E-state index contributed by atoms with van der Waals surface area (Å²) in [7, 11) is 0. The van der Waals surface area contributed by atoms with Crippen LogP contribution in [0.15, 0.2) is 24.3 Å². The van der Waals surface area contributed by atoms with Gasteiger partial charge in [-0.15, -0.1) is 0 Å². The molecule has 7 heteroatoms. The van der Waals surface area contributed by atoms with Crippen molar-refractivity contribution in [3.63, 3.8) is 0 Å². The van der Waals surface area contributed by atoms with Gasteiger partial charge in [-0.2, -0.15) is 0 Å². The number of benzene rings is 1. The molecule has 1 aliphatic carbocycles. The van der Waals surface area contributed by atoms with Crippen LogP contribution in [-0.2, 0) is 15.0 Å². The van der Waals surface area contributed by atoms with Crippen LogP contribution < -0.4 is 16.0 Å². The maximum absolute atomic E-state index is 13.2. The number of rotatable bonds is 5. The Bertz CT molecular complexity index is 654. The lowest BCUT2D eigenvalue weighted by atomic mass is 9.78. The zero-order chi connectivity index (χ0) is 17.2. The van der Waals surface area contributed by atoms with E-state index >= 15 is 0 Å². The number of hydrogen-bond acceptors (Lipinski definition) is 3. The summed E-state index contributed by atoms with van der Waals surface area (Å²) in [6.45, 7) is 0.444. The number of imide groups is 1. The van der Waals surface area contributed by atoms with Gasteiger partial charge in [0.2, 0.25) is 5.91 Å². The van der Waals surface area contributed by atoms with Gasteiger partial charge in [-0.1, -0.05) is 25.0 Å². The minimum Gasteiger partial charge on any atom is -0.355 e. The van der Waals surface area contributed by atoms with Gasteiger partial charge in [0.25, 0.3) is 5.91 Å². The van der Waals surface area contributed by atoms with Crippen molar-refractivity contribution in [3.8, 4) is 0 Å². The van der Waals surface area contributed by atoms with Gasteiger partial charge in [-0.05, 0) is 30.5 Å². The van der Waals surface area contributed by atoms with Gasteiger partial charge >= 0.3 is 6.03 Å². The van der Waals surface area contributed by atoms with Crippen molar-refractivity contribution in [1.82, 2.24) is 16.0 Å². The molecule has 1 saturated heterocycles. The highest BCUT2D eigenvalue weighted by atomic mass is 19.1. The fourth-order valence-corrected chi connectivity index (χ4v) is 3.55. The van der Waals surface area contributed by atoms with Gasteiger partial charge in [0.1, 0.15) is 11.9 Å². The lowest BCUT2D eigenvalue weighted by Crippen LogP contribution is -2.42. The molecule has 1 aliphatic heterocycles. The summed E-state index contributed by atoms with van der Waals surface area (Å²) >= 11 is 0. The zero-order valence-corrected chi connectivity index (χ0v) is 13.2. The van der Waals surface area contributed by atoms with Crippen LogP contribution in [0.1, 0.15) is 37.7 Å². The van der Waals surface area contributed by atoms with Crippen LogP contribution in [0, 0.1) is 5.82 Å². The fourth-order valence-electron chi connectivity index (χ4n) is 3.55. The number of nitrogens with one attached hydrogen (secondary N) is 3. The third-order valence-corrected chi connectivity index (χ3v) is 4.89. The minimum atomic E-state index is -0.817. The Balaban J connectivity index is 1.62. The van der Waals surface area contributed by atoms with Crippen molar-refractivity contribution in [2.45, 2.75) is 43.6 Å². The molecular weight excluding hydrogens is 313 g/mol. The van der Waals surface area contributed by atoms with E-state index < -0.39 is 18.0 Å². The standard InChI is InChI=1S/C17H20FN3O3/c18-12-5-3-11(4-6-12)17(7-1-2-8-17)10-19-14(22)9-13-15(23)21-16(24)20-13/h3-6,13H,1-2,7-10H2,(H,19,22)(H2,20,21,23,24). The Labute approximate surface area is 139 Å². The Morgan fingerprint density at radius 1 is 1.21 bits per heavy atom. The van der Waals surface area contributed by atoms with Gasteiger partial charge in [0.05, 0.1) is 6.42 Å². The molecule has 1 aromatic carbocycles. The van der Waals surface area contributed by atoms with Crippen molar-refractivity contribution >= 4 is 17.8 Å². The van der Waals surface area contributed by atoms with Gasteiger partial charge in [-0.3, -0.25) is 14.9 Å². The second-order valence-corrected chi connectivity index (χ2v) is 6.49. The molecule has 3 N–H and O–H groups in total. The van der Waals surface area contributed by atoms with Crippen molar-refractivity contribution < 1.29 is 18.8 Å². The number of amides is 4. The first-order valence-corrected chi connectivity index (χ1v) is 8.13. The molecule has 24 heavy (non-hydrogen) atoms. The average Bonchev–Trinajstić information content (AvgIpc) is 3.14. The molecule has 2 aliphatic rings. The summed E-state index contributed by atoms with van der Waals surface area (Å²) in [5, 5.41) is 7.39. The fraction of sp³-hybridized carbons (Fsp3) is 0.471. The second-order valence-electron chi connectivity index (χ2n) is 6.49. The van der Waals surface area contributed by atoms with Crippen molar-refractivity contribution in [2.24, 2.45) is 0 Å². The van der Waals surface area contributed by atoms with Gasteiger partial charge in [0.15, 0.2) is 0 Å².